The van der Waals surface area contributed by atoms with E-state index in [9.17, 15) is 4.79 Å². The van der Waals surface area contributed by atoms with Gasteiger partial charge in [-0.05, 0) is 41.6 Å². The number of nitrogens with one attached hydrogen (secondary N) is 1. The van der Waals surface area contributed by atoms with Crippen molar-refractivity contribution in [1.29, 1.82) is 0 Å². The van der Waals surface area contributed by atoms with Crippen molar-refractivity contribution < 1.29 is 9.21 Å². The molecule has 0 radical (unpaired) electrons. The number of amides is 1. The van der Waals surface area contributed by atoms with Crippen LogP contribution in [0.3, 0.4) is 0 Å². The van der Waals surface area contributed by atoms with Crippen LogP contribution in [0.1, 0.15) is 11.3 Å². The third kappa shape index (κ3) is 4.62. The van der Waals surface area contributed by atoms with E-state index >= 15 is 0 Å². The van der Waals surface area contributed by atoms with Gasteiger partial charge >= 0.3 is 0 Å². The van der Waals surface area contributed by atoms with Gasteiger partial charge in [-0.1, -0.05) is 59.6 Å². The molecule has 0 aliphatic carbocycles. The largest absolute Gasteiger partial charge is 0.457 e. The normalized spacial score (nSPS) is 16.8. The van der Waals surface area contributed by atoms with E-state index in [1.165, 1.54) is 11.8 Å². The molecule has 1 aliphatic rings. The Morgan fingerprint density at radius 2 is 1.72 bits per heavy atom. The second-order valence-electron chi connectivity index (χ2n) is 5.92. The van der Waals surface area contributed by atoms with Crippen LogP contribution in [0.25, 0.3) is 17.4 Å². The molecule has 1 amide bonds. The molecule has 0 saturated carbocycles. The molecule has 2 aromatic carbocycles. The van der Waals surface area contributed by atoms with Crippen molar-refractivity contribution >= 4 is 58.3 Å². The van der Waals surface area contributed by atoms with E-state index in [1.807, 2.05) is 30.3 Å². The van der Waals surface area contributed by atoms with E-state index in [-0.39, 0.29) is 5.91 Å². The Kier molecular flexibility index (Phi) is 5.85. The maximum Gasteiger partial charge on any atom is 0.264 e. The molecule has 1 N–H and O–H groups in total. The van der Waals surface area contributed by atoms with Crippen LogP contribution in [0.15, 0.2) is 80.2 Å². The fraction of sp³-hybridized carbons (Fsp3) is 0. The van der Waals surface area contributed by atoms with Crippen LogP contribution < -0.4 is 5.32 Å². The zero-order valence-corrected chi connectivity index (χ0v) is 17.1. The molecule has 0 spiro atoms. The lowest BCUT2D eigenvalue weighted by atomic mass is 10.2. The highest BCUT2D eigenvalue weighted by atomic mass is 35.5. The van der Waals surface area contributed by atoms with Gasteiger partial charge in [0.25, 0.3) is 5.91 Å². The third-order valence-corrected chi connectivity index (χ3v) is 5.45. The fourth-order valence-electron chi connectivity index (χ4n) is 2.59. The summed E-state index contributed by atoms with van der Waals surface area (Å²) in [5.41, 5.74) is 1.53. The predicted octanol–water partition coefficient (Wildman–Crippen LogP) is 5.85. The van der Waals surface area contributed by atoms with Crippen LogP contribution in [0.4, 0.5) is 0 Å². The first-order valence-corrected chi connectivity index (χ1v) is 10.1. The van der Waals surface area contributed by atoms with Gasteiger partial charge in [-0.3, -0.25) is 10.1 Å². The molecule has 1 aliphatic heterocycles. The molecule has 0 atom stereocenters. The number of furan rings is 1. The van der Waals surface area contributed by atoms with E-state index in [2.05, 4.69) is 15.5 Å². The lowest BCUT2D eigenvalue weighted by Crippen LogP contribution is -2.19. The summed E-state index contributed by atoms with van der Waals surface area (Å²) in [6.07, 6.45) is 3.26. The standard InChI is InChI=1S/C21H13Cl2N3O2S/c22-15-7-4-8-16(23)19(15)17-10-9-14(28-17)11-18-20(27)25-21(29-18)26-24-12-13-5-2-1-3-6-13/h1-12H,(H,25,26,27)/b18-11+,24-12+. The van der Waals surface area contributed by atoms with Gasteiger partial charge in [0.15, 0.2) is 5.17 Å². The number of halogens is 2. The van der Waals surface area contributed by atoms with Crippen LogP contribution in [-0.2, 0) is 4.79 Å². The third-order valence-electron chi connectivity index (χ3n) is 3.92. The van der Waals surface area contributed by atoms with Gasteiger partial charge in [0, 0.05) is 6.08 Å². The number of carbonyl (C=O) groups is 1. The van der Waals surface area contributed by atoms with Gasteiger partial charge in [0.1, 0.15) is 11.5 Å². The van der Waals surface area contributed by atoms with Gasteiger partial charge < -0.3 is 4.42 Å². The molecule has 8 heteroatoms. The first kappa shape index (κ1) is 19.5. The first-order chi connectivity index (χ1) is 14.1. The number of hydrogen-bond donors (Lipinski definition) is 1. The zero-order chi connectivity index (χ0) is 20.2. The van der Waals surface area contributed by atoms with Crippen molar-refractivity contribution in [2.75, 3.05) is 0 Å². The van der Waals surface area contributed by atoms with Gasteiger partial charge in [-0.15, -0.1) is 5.10 Å². The lowest BCUT2D eigenvalue weighted by molar-refractivity contribution is -0.115. The monoisotopic (exact) mass is 441 g/mol. The smallest absolute Gasteiger partial charge is 0.264 e. The quantitative estimate of drug-likeness (QED) is 0.313. The zero-order valence-electron chi connectivity index (χ0n) is 14.8. The summed E-state index contributed by atoms with van der Waals surface area (Å²) in [5.74, 6) is 0.761. The average Bonchev–Trinajstić information content (AvgIpc) is 3.30. The molecule has 5 nitrogen and oxygen atoms in total. The second-order valence-corrected chi connectivity index (χ2v) is 7.77. The van der Waals surface area contributed by atoms with E-state index in [4.69, 9.17) is 27.6 Å². The lowest BCUT2D eigenvalue weighted by Gasteiger charge is -2.02. The van der Waals surface area contributed by atoms with Crippen molar-refractivity contribution in [3.8, 4) is 11.3 Å². The van der Waals surface area contributed by atoms with Crippen molar-refractivity contribution in [2.45, 2.75) is 0 Å². The van der Waals surface area contributed by atoms with E-state index in [0.717, 1.165) is 5.56 Å². The van der Waals surface area contributed by atoms with E-state index in [0.29, 0.717) is 37.2 Å². The molecule has 3 aromatic rings. The van der Waals surface area contributed by atoms with Crippen molar-refractivity contribution in [1.82, 2.24) is 5.32 Å². The highest BCUT2D eigenvalue weighted by Gasteiger charge is 2.24. The first-order valence-electron chi connectivity index (χ1n) is 8.51. The molecule has 144 valence electrons. The summed E-state index contributed by atoms with van der Waals surface area (Å²) >= 11 is 13.6. The minimum absolute atomic E-state index is 0.266. The summed E-state index contributed by atoms with van der Waals surface area (Å²) in [4.78, 5) is 12.6. The van der Waals surface area contributed by atoms with E-state index in [1.54, 1.807) is 42.6 Å². The maximum absolute atomic E-state index is 12.2. The number of hydrogen-bond acceptors (Lipinski definition) is 5. The minimum Gasteiger partial charge on any atom is -0.457 e. The van der Waals surface area contributed by atoms with Gasteiger partial charge in [0.2, 0.25) is 0 Å². The molecule has 29 heavy (non-hydrogen) atoms. The Bertz CT molecular complexity index is 1130. The molecule has 2 heterocycles. The minimum atomic E-state index is -0.266. The van der Waals surface area contributed by atoms with Gasteiger partial charge in [0.05, 0.1) is 26.7 Å². The second kappa shape index (κ2) is 8.69. The molecular formula is C21H13Cl2N3O2S. The van der Waals surface area contributed by atoms with Crippen LogP contribution in [0, 0.1) is 0 Å². The van der Waals surface area contributed by atoms with Crippen molar-refractivity contribution in [2.24, 2.45) is 10.2 Å². The Labute approximate surface area is 181 Å². The SMILES string of the molecule is O=C1N/C(=N\N=C\c2ccccc2)S/C1=C/c1ccc(-c2c(Cl)cccc2Cl)o1. The Morgan fingerprint density at radius 3 is 2.48 bits per heavy atom. The molecule has 0 unspecified atom stereocenters. The van der Waals surface area contributed by atoms with Crippen LogP contribution in [-0.4, -0.2) is 17.3 Å². The topological polar surface area (TPSA) is 67.0 Å². The highest BCUT2D eigenvalue weighted by Crippen LogP contribution is 2.36. The van der Waals surface area contributed by atoms with Gasteiger partial charge in [-0.25, -0.2) is 0 Å². The molecule has 1 aromatic heterocycles. The van der Waals surface area contributed by atoms with Gasteiger partial charge in [-0.2, -0.15) is 5.10 Å². The van der Waals surface area contributed by atoms with Crippen molar-refractivity contribution in [3.05, 3.63) is 86.9 Å². The predicted molar refractivity (Wildman–Crippen MR) is 119 cm³/mol. The summed E-state index contributed by atoms with van der Waals surface area (Å²) in [6.45, 7) is 0. The molecule has 4 rings (SSSR count). The summed E-state index contributed by atoms with van der Waals surface area (Å²) in [6, 6.07) is 18.3. The average molecular weight is 442 g/mol. The van der Waals surface area contributed by atoms with Crippen LogP contribution in [0.5, 0.6) is 0 Å². The molecular weight excluding hydrogens is 429 g/mol. The fourth-order valence-corrected chi connectivity index (χ4v) is 3.93. The highest BCUT2D eigenvalue weighted by molar-refractivity contribution is 8.18. The molecule has 1 saturated heterocycles. The van der Waals surface area contributed by atoms with Crippen molar-refractivity contribution in [3.63, 3.8) is 0 Å². The van der Waals surface area contributed by atoms with E-state index < -0.39 is 0 Å². The van der Waals surface area contributed by atoms with Crippen LogP contribution in [0.2, 0.25) is 10.0 Å². The number of thioether (sulfide) groups is 1. The number of amidine groups is 1. The number of rotatable bonds is 4. The Hall–Kier alpha value is -2.80. The summed E-state index contributed by atoms with van der Waals surface area (Å²) < 4.78 is 5.81. The molecule has 1 fully saturated rings. The number of benzene rings is 2. The van der Waals surface area contributed by atoms with Crippen LogP contribution >= 0.6 is 35.0 Å². The summed E-state index contributed by atoms with van der Waals surface area (Å²) in [5, 5.41) is 12.1. The Morgan fingerprint density at radius 1 is 0.966 bits per heavy atom. The maximum atomic E-state index is 12.2. The number of carbonyl (C=O) groups excluding carboxylic acids is 1. The Balaban J connectivity index is 1.51. The summed E-state index contributed by atoms with van der Waals surface area (Å²) in [7, 11) is 0. The number of nitrogens with zero attached hydrogens (tertiary/aromatic N) is 2. The molecule has 0 bridgehead atoms.